The lowest BCUT2D eigenvalue weighted by molar-refractivity contribution is -0.140. The second-order valence-electron chi connectivity index (χ2n) is 6.95. The summed E-state index contributed by atoms with van der Waals surface area (Å²) in [6.45, 7) is 5.82. The number of carboxylic acid groups (broad SMARTS) is 1. The Hall–Kier alpha value is -1.26. The Morgan fingerprint density at radius 2 is 1.90 bits per heavy atom. The Kier molecular flexibility index (Phi) is 5.12. The lowest BCUT2D eigenvalue weighted by Gasteiger charge is -2.29. The van der Waals surface area contributed by atoms with Gasteiger partial charge in [0.15, 0.2) is 0 Å². The van der Waals surface area contributed by atoms with Crippen LogP contribution in [-0.2, 0) is 4.79 Å². The normalized spacial score (nSPS) is 31.5. The van der Waals surface area contributed by atoms with E-state index in [4.69, 9.17) is 0 Å². The second kappa shape index (κ2) is 6.67. The van der Waals surface area contributed by atoms with Crippen molar-refractivity contribution in [2.24, 2.45) is 23.7 Å². The molecule has 0 aromatic carbocycles. The third-order valence-electron chi connectivity index (χ3n) is 5.56. The number of amides is 2. The molecule has 3 N–H and O–H groups in total. The number of hydrogen-bond donors (Lipinski definition) is 3. The molecule has 0 aromatic heterocycles. The van der Waals surface area contributed by atoms with E-state index in [2.05, 4.69) is 10.6 Å². The highest BCUT2D eigenvalue weighted by Gasteiger charge is 2.42. The molecule has 2 amide bonds. The average molecular weight is 296 g/mol. The fourth-order valence-electron chi connectivity index (χ4n) is 4.09. The third-order valence-corrected chi connectivity index (χ3v) is 5.56. The maximum absolute atomic E-state index is 12.1. The fourth-order valence-corrected chi connectivity index (χ4v) is 4.09. The second-order valence-corrected chi connectivity index (χ2v) is 6.95. The van der Waals surface area contributed by atoms with Gasteiger partial charge in [0.2, 0.25) is 0 Å². The maximum Gasteiger partial charge on any atom is 0.326 e. The summed E-state index contributed by atoms with van der Waals surface area (Å²) in [6, 6.07) is -1.05. The summed E-state index contributed by atoms with van der Waals surface area (Å²) in [5.41, 5.74) is 0. The Balaban J connectivity index is 1.84. The standard InChI is InChI=1S/C16H28N2O3/c1-4-9(2)14(15(19)20)18-16(21)17-10(3)13-8-11-5-6-12(13)7-11/h9-14H,4-8H2,1-3H3,(H,19,20)(H2,17,18,21)/t9?,10?,11?,12?,13?,14-/m0/s1. The fraction of sp³-hybridized carbons (Fsp3) is 0.875. The van der Waals surface area contributed by atoms with Gasteiger partial charge in [-0.25, -0.2) is 9.59 Å². The molecule has 2 rings (SSSR count). The Bertz CT molecular complexity index is 399. The summed E-state index contributed by atoms with van der Waals surface area (Å²) < 4.78 is 0. The van der Waals surface area contributed by atoms with Gasteiger partial charge in [0.05, 0.1) is 0 Å². The smallest absolute Gasteiger partial charge is 0.326 e. The van der Waals surface area contributed by atoms with Crippen LogP contribution in [0.25, 0.3) is 0 Å². The molecule has 5 heteroatoms. The number of carbonyl (C=O) groups excluding carboxylic acids is 1. The van der Waals surface area contributed by atoms with Crippen molar-refractivity contribution in [2.75, 3.05) is 0 Å². The van der Waals surface area contributed by atoms with Gasteiger partial charge >= 0.3 is 12.0 Å². The van der Waals surface area contributed by atoms with Gasteiger partial charge in [0.25, 0.3) is 0 Å². The minimum atomic E-state index is -0.966. The maximum atomic E-state index is 12.1. The number of carboxylic acids is 1. The van der Waals surface area contributed by atoms with E-state index >= 15 is 0 Å². The molecule has 2 aliphatic carbocycles. The summed E-state index contributed by atoms with van der Waals surface area (Å²) >= 11 is 0. The highest BCUT2D eigenvalue weighted by atomic mass is 16.4. The van der Waals surface area contributed by atoms with Crippen molar-refractivity contribution in [1.29, 1.82) is 0 Å². The van der Waals surface area contributed by atoms with E-state index < -0.39 is 12.0 Å². The Labute approximate surface area is 126 Å². The van der Waals surface area contributed by atoms with Gasteiger partial charge in [-0.15, -0.1) is 0 Å². The first-order valence-corrected chi connectivity index (χ1v) is 8.22. The van der Waals surface area contributed by atoms with Crippen LogP contribution in [0, 0.1) is 23.7 Å². The van der Waals surface area contributed by atoms with Crippen LogP contribution in [0.2, 0.25) is 0 Å². The molecule has 0 aliphatic heterocycles. The van der Waals surface area contributed by atoms with Gasteiger partial charge in [-0.2, -0.15) is 0 Å². The van der Waals surface area contributed by atoms with Crippen LogP contribution in [0.4, 0.5) is 4.79 Å². The molecule has 5 nitrogen and oxygen atoms in total. The zero-order chi connectivity index (χ0) is 15.6. The van der Waals surface area contributed by atoms with Gasteiger partial charge in [-0.3, -0.25) is 0 Å². The first-order chi connectivity index (χ1) is 9.92. The molecule has 120 valence electrons. The monoisotopic (exact) mass is 296 g/mol. The highest BCUT2D eigenvalue weighted by molar-refractivity contribution is 5.82. The van der Waals surface area contributed by atoms with Crippen LogP contribution >= 0.6 is 0 Å². The molecule has 0 saturated heterocycles. The van der Waals surface area contributed by atoms with Crippen LogP contribution < -0.4 is 10.6 Å². The quantitative estimate of drug-likeness (QED) is 0.705. The molecule has 21 heavy (non-hydrogen) atoms. The zero-order valence-corrected chi connectivity index (χ0v) is 13.3. The molecule has 0 radical (unpaired) electrons. The number of urea groups is 1. The molecule has 0 spiro atoms. The Morgan fingerprint density at radius 1 is 1.19 bits per heavy atom. The number of nitrogens with one attached hydrogen (secondary N) is 2. The number of aliphatic carboxylic acids is 1. The van der Waals surface area contributed by atoms with E-state index in [9.17, 15) is 14.7 Å². The minimum absolute atomic E-state index is 0.0777. The molecular weight excluding hydrogens is 268 g/mol. The van der Waals surface area contributed by atoms with Crippen molar-refractivity contribution in [3.63, 3.8) is 0 Å². The van der Waals surface area contributed by atoms with Crippen LogP contribution in [0.1, 0.15) is 52.9 Å². The van der Waals surface area contributed by atoms with Crippen molar-refractivity contribution in [1.82, 2.24) is 10.6 Å². The summed E-state index contributed by atoms with van der Waals surface area (Å²) in [5.74, 6) is 1.11. The van der Waals surface area contributed by atoms with E-state index in [0.29, 0.717) is 5.92 Å². The first-order valence-electron chi connectivity index (χ1n) is 8.22. The molecule has 5 unspecified atom stereocenters. The van der Waals surface area contributed by atoms with E-state index in [0.717, 1.165) is 18.3 Å². The van der Waals surface area contributed by atoms with Crippen molar-refractivity contribution in [3.8, 4) is 0 Å². The first kappa shape index (κ1) is 16.1. The summed E-state index contributed by atoms with van der Waals surface area (Å²) in [7, 11) is 0. The molecule has 6 atom stereocenters. The summed E-state index contributed by atoms with van der Waals surface area (Å²) in [6.07, 6.45) is 5.87. The SMILES string of the molecule is CCC(C)[C@H](NC(=O)NC(C)C1CC2CCC1C2)C(=O)O. The lowest BCUT2D eigenvalue weighted by atomic mass is 9.84. The largest absolute Gasteiger partial charge is 0.480 e. The molecule has 0 heterocycles. The van der Waals surface area contributed by atoms with Crippen LogP contribution in [-0.4, -0.2) is 29.2 Å². The van der Waals surface area contributed by atoms with Crippen LogP contribution in [0.5, 0.6) is 0 Å². The number of rotatable bonds is 6. The topological polar surface area (TPSA) is 78.4 Å². The van der Waals surface area contributed by atoms with E-state index in [1.165, 1.54) is 25.7 Å². The van der Waals surface area contributed by atoms with Gasteiger partial charge in [0, 0.05) is 6.04 Å². The van der Waals surface area contributed by atoms with Gasteiger partial charge in [0.1, 0.15) is 6.04 Å². The van der Waals surface area contributed by atoms with Gasteiger partial charge in [-0.1, -0.05) is 26.7 Å². The summed E-state index contributed by atoms with van der Waals surface area (Å²) in [4.78, 5) is 23.3. The number of carbonyl (C=O) groups is 2. The highest BCUT2D eigenvalue weighted by Crippen LogP contribution is 2.49. The summed E-state index contributed by atoms with van der Waals surface area (Å²) in [5, 5.41) is 14.8. The third kappa shape index (κ3) is 3.69. The predicted octanol–water partition coefficient (Wildman–Crippen LogP) is 2.61. The van der Waals surface area contributed by atoms with Crippen LogP contribution in [0.15, 0.2) is 0 Å². The predicted molar refractivity (Wildman–Crippen MR) is 80.9 cm³/mol. The molecular formula is C16H28N2O3. The van der Waals surface area contributed by atoms with Crippen molar-refractivity contribution in [3.05, 3.63) is 0 Å². The molecule has 2 aliphatic rings. The molecule has 2 fully saturated rings. The van der Waals surface area contributed by atoms with E-state index in [-0.39, 0.29) is 18.0 Å². The average Bonchev–Trinajstić information content (AvgIpc) is 3.06. The molecule has 2 bridgehead atoms. The lowest BCUT2D eigenvalue weighted by Crippen LogP contribution is -2.52. The van der Waals surface area contributed by atoms with Crippen LogP contribution in [0.3, 0.4) is 0 Å². The van der Waals surface area contributed by atoms with Gasteiger partial charge < -0.3 is 15.7 Å². The van der Waals surface area contributed by atoms with Crippen molar-refractivity contribution >= 4 is 12.0 Å². The molecule has 0 aromatic rings. The zero-order valence-electron chi connectivity index (χ0n) is 13.3. The minimum Gasteiger partial charge on any atom is -0.480 e. The van der Waals surface area contributed by atoms with E-state index in [1.807, 2.05) is 20.8 Å². The van der Waals surface area contributed by atoms with E-state index in [1.54, 1.807) is 0 Å². The molecule has 2 saturated carbocycles. The van der Waals surface area contributed by atoms with Crippen molar-refractivity contribution in [2.45, 2.75) is 65.0 Å². The number of fused-ring (bicyclic) bond motifs is 2. The van der Waals surface area contributed by atoms with Gasteiger partial charge in [-0.05, 0) is 49.9 Å². The number of hydrogen-bond acceptors (Lipinski definition) is 2. The Morgan fingerprint density at radius 3 is 2.38 bits per heavy atom. The van der Waals surface area contributed by atoms with Crippen molar-refractivity contribution < 1.29 is 14.7 Å².